The quantitative estimate of drug-likeness (QED) is 0.0204. The highest BCUT2D eigenvalue weighted by molar-refractivity contribution is 5.76. The van der Waals surface area contributed by atoms with Gasteiger partial charge in [0.15, 0.2) is 12.6 Å². The van der Waals surface area contributed by atoms with Crippen molar-refractivity contribution in [3.63, 3.8) is 0 Å². The molecular weight excluding hydrogens is 1250 g/mol. The zero-order chi connectivity index (χ0) is 72.2. The number of hydrogen-bond donors (Lipinski definition) is 9. The lowest BCUT2D eigenvalue weighted by Crippen LogP contribution is -2.65. The standard InChI is InChI=1S/C86H149NO13/c1-3-5-7-9-11-13-15-17-19-21-23-25-27-29-30-31-32-33-34-35-36-37-38-39-40-41-42-43-44-46-48-50-52-54-56-58-60-62-64-66-68-70-78(91)87-74(73-97-85-83(96)81(94)84(77(72-89)99-85)100-86-82(95)80(93)79(92)76(71-88)98-86)75(90)69-67-65-63-61-59-57-55-53-51-49-47-45-28-26-24-22-20-18-16-14-12-10-8-6-4-2/h5,7,11,13,17,19,23,25,29-30,32-33,35-36,38-39,59,61,67,69,74-77,79-86,88-90,92-96H,3-4,6,8-10,12,14-16,18,20-22,24,26-28,31,34,37,40-58,60,62-66,68,70-73H2,1-2H3,(H,87,91)/b7-5-,13-11-,19-17-,25-23-,30-29-,33-32-,36-35-,39-38-,61-59+,69-67+. The second-order valence-corrected chi connectivity index (χ2v) is 28.2. The molecule has 0 spiro atoms. The van der Waals surface area contributed by atoms with Gasteiger partial charge in [0.2, 0.25) is 5.91 Å². The van der Waals surface area contributed by atoms with Crippen LogP contribution in [-0.4, -0.2) is 140 Å². The number of allylic oxidation sites excluding steroid dienone is 19. The van der Waals surface area contributed by atoms with Crippen molar-refractivity contribution in [3.05, 3.63) is 122 Å². The minimum Gasteiger partial charge on any atom is -0.394 e. The van der Waals surface area contributed by atoms with E-state index in [1.54, 1.807) is 6.08 Å². The van der Waals surface area contributed by atoms with Crippen LogP contribution in [0, 0.1) is 0 Å². The molecule has 12 atom stereocenters. The van der Waals surface area contributed by atoms with E-state index in [-0.39, 0.29) is 18.9 Å². The van der Waals surface area contributed by atoms with Crippen molar-refractivity contribution in [3.8, 4) is 0 Å². The summed E-state index contributed by atoms with van der Waals surface area (Å²) in [6, 6.07) is -0.939. The summed E-state index contributed by atoms with van der Waals surface area (Å²) in [4.78, 5) is 13.4. The Bertz CT molecular complexity index is 2150. The number of unbranched alkanes of at least 4 members (excludes halogenated alkanes) is 36. The van der Waals surface area contributed by atoms with Crippen molar-refractivity contribution < 1.29 is 64.6 Å². The summed E-state index contributed by atoms with van der Waals surface area (Å²) >= 11 is 0. The van der Waals surface area contributed by atoms with Crippen LogP contribution in [0.4, 0.5) is 0 Å². The van der Waals surface area contributed by atoms with Crippen LogP contribution in [0.15, 0.2) is 122 Å². The first-order chi connectivity index (χ1) is 49.1. The number of carbonyl (C=O) groups excluding carboxylic acids is 1. The lowest BCUT2D eigenvalue weighted by molar-refractivity contribution is -0.359. The lowest BCUT2D eigenvalue weighted by Gasteiger charge is -2.46. The second-order valence-electron chi connectivity index (χ2n) is 28.2. The largest absolute Gasteiger partial charge is 0.394 e. The Balaban J connectivity index is 1.60. The van der Waals surface area contributed by atoms with Gasteiger partial charge in [0.1, 0.15) is 48.8 Å². The zero-order valence-electron chi connectivity index (χ0n) is 63.2. The van der Waals surface area contributed by atoms with E-state index in [0.717, 1.165) is 83.5 Å². The minimum atomic E-state index is -1.80. The van der Waals surface area contributed by atoms with E-state index in [9.17, 15) is 45.6 Å². The maximum absolute atomic E-state index is 13.4. The van der Waals surface area contributed by atoms with E-state index in [0.29, 0.717) is 12.8 Å². The maximum Gasteiger partial charge on any atom is 0.220 e. The first kappa shape index (κ1) is 92.5. The Morgan fingerprint density at radius 1 is 0.370 bits per heavy atom. The highest BCUT2D eigenvalue weighted by Crippen LogP contribution is 2.30. The highest BCUT2D eigenvalue weighted by Gasteiger charge is 2.51. The molecule has 576 valence electrons. The fourth-order valence-corrected chi connectivity index (χ4v) is 12.7. The molecule has 2 aliphatic rings. The predicted molar refractivity (Wildman–Crippen MR) is 415 cm³/mol. The molecule has 9 N–H and O–H groups in total. The van der Waals surface area contributed by atoms with Gasteiger partial charge >= 0.3 is 0 Å². The van der Waals surface area contributed by atoms with Crippen LogP contribution < -0.4 is 5.32 Å². The van der Waals surface area contributed by atoms with Gasteiger partial charge in [-0.1, -0.05) is 341 Å². The fraction of sp³-hybridized carbons (Fsp3) is 0.756. The topological polar surface area (TPSA) is 228 Å². The zero-order valence-corrected chi connectivity index (χ0v) is 63.2. The Kier molecular flexibility index (Phi) is 63.3. The summed E-state index contributed by atoms with van der Waals surface area (Å²) in [5.74, 6) is -0.249. The van der Waals surface area contributed by atoms with Crippen LogP contribution in [0.2, 0.25) is 0 Å². The van der Waals surface area contributed by atoms with Crippen LogP contribution in [-0.2, 0) is 23.7 Å². The van der Waals surface area contributed by atoms with Gasteiger partial charge in [0, 0.05) is 6.42 Å². The van der Waals surface area contributed by atoms with E-state index in [1.807, 2.05) is 6.08 Å². The van der Waals surface area contributed by atoms with Crippen LogP contribution in [0.25, 0.3) is 0 Å². The summed E-state index contributed by atoms with van der Waals surface area (Å²) in [5, 5.41) is 87.7. The third-order valence-corrected chi connectivity index (χ3v) is 19.1. The molecule has 0 aromatic heterocycles. The Morgan fingerprint density at radius 3 is 1.10 bits per heavy atom. The number of ether oxygens (including phenoxy) is 4. The first-order valence-electron chi connectivity index (χ1n) is 40.8. The third kappa shape index (κ3) is 50.7. The van der Waals surface area contributed by atoms with Gasteiger partial charge in [-0.2, -0.15) is 0 Å². The summed E-state index contributed by atoms with van der Waals surface area (Å²) < 4.78 is 22.9. The van der Waals surface area contributed by atoms with Crippen LogP contribution in [0.3, 0.4) is 0 Å². The molecule has 14 nitrogen and oxygen atoms in total. The SMILES string of the molecule is CC/C=C\C/C=C\C/C=C\C/C=C\C/C=C\C/C=C\C/C=C\C/C=C\CCCCCCCCCCCCCCCCCCC(=O)NC(COC1OC(CO)C(OC2OC(CO)C(O)C(O)C2O)C(O)C1O)C(O)/C=C/CC/C=C/CCCCCCCCCCCCCCCCCCCCC. The molecule has 0 aromatic rings. The number of nitrogens with one attached hydrogen (secondary N) is 1. The molecule has 2 fully saturated rings. The number of rotatable bonds is 67. The molecule has 14 heteroatoms. The highest BCUT2D eigenvalue weighted by atomic mass is 16.7. The average Bonchev–Trinajstić information content (AvgIpc) is 0.791. The van der Waals surface area contributed by atoms with Gasteiger partial charge < -0.3 is 65.1 Å². The van der Waals surface area contributed by atoms with Crippen molar-refractivity contribution in [1.82, 2.24) is 5.32 Å². The van der Waals surface area contributed by atoms with Crippen molar-refractivity contribution in [2.75, 3.05) is 19.8 Å². The molecule has 0 radical (unpaired) electrons. The molecule has 0 aromatic carbocycles. The summed E-state index contributed by atoms with van der Waals surface area (Å²) in [6.45, 7) is 2.70. The smallest absolute Gasteiger partial charge is 0.220 e. The van der Waals surface area contributed by atoms with E-state index in [2.05, 4.69) is 129 Å². The molecular formula is C86H149NO13. The molecule has 12 unspecified atom stereocenters. The molecule has 2 heterocycles. The maximum atomic E-state index is 13.4. The van der Waals surface area contributed by atoms with Gasteiger partial charge in [-0.05, 0) is 96.3 Å². The average molecular weight is 1410 g/mol. The lowest BCUT2D eigenvalue weighted by atomic mass is 9.97. The molecule has 2 rings (SSSR count). The fourth-order valence-electron chi connectivity index (χ4n) is 12.7. The summed E-state index contributed by atoms with van der Waals surface area (Å²) in [7, 11) is 0. The van der Waals surface area contributed by atoms with Crippen molar-refractivity contribution >= 4 is 5.91 Å². The number of carbonyl (C=O) groups is 1. The van der Waals surface area contributed by atoms with Crippen molar-refractivity contribution in [2.45, 2.75) is 396 Å². The van der Waals surface area contributed by atoms with Gasteiger partial charge in [0.25, 0.3) is 0 Å². The summed E-state index contributed by atoms with van der Waals surface area (Å²) in [5.41, 5.74) is 0. The number of hydrogen-bond acceptors (Lipinski definition) is 13. The molecule has 100 heavy (non-hydrogen) atoms. The monoisotopic (exact) mass is 1400 g/mol. The van der Waals surface area contributed by atoms with E-state index >= 15 is 0 Å². The van der Waals surface area contributed by atoms with Gasteiger partial charge in [-0.15, -0.1) is 0 Å². The van der Waals surface area contributed by atoms with Gasteiger partial charge in [-0.3, -0.25) is 4.79 Å². The number of aliphatic hydroxyl groups is 8. The molecule has 0 aliphatic carbocycles. The molecule has 2 saturated heterocycles. The van der Waals surface area contributed by atoms with E-state index in [1.165, 1.54) is 205 Å². The summed E-state index contributed by atoms with van der Waals surface area (Å²) in [6.07, 6.45) is 84.2. The Labute approximate surface area is 609 Å². The molecule has 1 amide bonds. The van der Waals surface area contributed by atoms with Crippen molar-refractivity contribution in [2.24, 2.45) is 0 Å². The predicted octanol–water partition coefficient (Wildman–Crippen LogP) is 18.8. The molecule has 0 bridgehead atoms. The Hall–Kier alpha value is -3.61. The van der Waals surface area contributed by atoms with Gasteiger partial charge in [-0.25, -0.2) is 0 Å². The molecule has 2 aliphatic heterocycles. The van der Waals surface area contributed by atoms with E-state index < -0.39 is 86.8 Å². The van der Waals surface area contributed by atoms with Crippen molar-refractivity contribution in [1.29, 1.82) is 0 Å². The first-order valence-corrected chi connectivity index (χ1v) is 40.8. The third-order valence-electron chi connectivity index (χ3n) is 19.1. The van der Waals surface area contributed by atoms with Crippen LogP contribution in [0.5, 0.6) is 0 Å². The minimum absolute atomic E-state index is 0.249. The molecule has 0 saturated carbocycles. The van der Waals surface area contributed by atoms with Crippen LogP contribution >= 0.6 is 0 Å². The number of aliphatic hydroxyl groups excluding tert-OH is 8. The van der Waals surface area contributed by atoms with E-state index in [4.69, 9.17) is 18.9 Å². The van der Waals surface area contributed by atoms with Gasteiger partial charge in [0.05, 0.1) is 32.0 Å². The Morgan fingerprint density at radius 2 is 0.700 bits per heavy atom. The second kappa shape index (κ2) is 68.5. The van der Waals surface area contributed by atoms with Crippen LogP contribution in [0.1, 0.15) is 322 Å². The number of amides is 1. The normalized spacial score (nSPS) is 22.5.